The van der Waals surface area contributed by atoms with Gasteiger partial charge in [0.15, 0.2) is 0 Å². The molecule has 0 saturated carbocycles. The Hall–Kier alpha value is -2.54. The normalized spacial score (nSPS) is 19.5. The van der Waals surface area contributed by atoms with E-state index in [0.29, 0.717) is 6.04 Å². The number of amides is 1. The molecule has 0 unspecified atom stereocenters. The average molecular weight is 352 g/mol. The zero-order valence-corrected chi connectivity index (χ0v) is 14.9. The third-order valence-corrected chi connectivity index (χ3v) is 5.34. The van der Waals surface area contributed by atoms with Gasteiger partial charge in [-0.15, -0.1) is 0 Å². The number of carbonyl (C=O) groups is 1. The van der Waals surface area contributed by atoms with Crippen LogP contribution in [0.4, 0.5) is 5.95 Å². The average Bonchev–Trinajstić information content (AvgIpc) is 2.75. The molecule has 0 bridgehead atoms. The highest BCUT2D eigenvalue weighted by Crippen LogP contribution is 2.20. The summed E-state index contributed by atoms with van der Waals surface area (Å²) in [5.74, 6) is 0.946. The third kappa shape index (κ3) is 3.67. The Balaban J connectivity index is 1.27. The second-order valence-corrected chi connectivity index (χ2v) is 6.83. The lowest BCUT2D eigenvalue weighted by atomic mass is 10.0. The van der Waals surface area contributed by atoms with Gasteiger partial charge in [-0.3, -0.25) is 14.7 Å². The first kappa shape index (κ1) is 16.9. The molecule has 4 rings (SSSR count). The minimum atomic E-state index is 0.122. The first-order chi connectivity index (χ1) is 12.8. The summed E-state index contributed by atoms with van der Waals surface area (Å²) in [5, 5.41) is 0. The molecule has 2 fully saturated rings. The summed E-state index contributed by atoms with van der Waals surface area (Å²) in [4.78, 5) is 32.0. The number of piperidine rings is 1. The summed E-state index contributed by atoms with van der Waals surface area (Å²) < 4.78 is 0. The fourth-order valence-electron chi connectivity index (χ4n) is 3.85. The summed E-state index contributed by atoms with van der Waals surface area (Å²) in [5.41, 5.74) is 0.731. The summed E-state index contributed by atoms with van der Waals surface area (Å²) in [6, 6.07) is 6.00. The lowest BCUT2D eigenvalue weighted by Crippen LogP contribution is -2.54. The first-order valence-corrected chi connectivity index (χ1v) is 9.26. The van der Waals surface area contributed by atoms with Gasteiger partial charge in [0, 0.05) is 75.7 Å². The molecule has 0 atom stereocenters. The second-order valence-electron chi connectivity index (χ2n) is 6.83. The predicted octanol–water partition coefficient (Wildman–Crippen LogP) is 1.30. The molecular formula is C19H24N6O. The van der Waals surface area contributed by atoms with Crippen molar-refractivity contribution < 1.29 is 4.79 Å². The van der Waals surface area contributed by atoms with Crippen molar-refractivity contribution in [3.8, 4) is 0 Å². The number of piperazine rings is 1. The van der Waals surface area contributed by atoms with Crippen molar-refractivity contribution in [3.05, 3.63) is 48.5 Å². The molecule has 136 valence electrons. The van der Waals surface area contributed by atoms with Gasteiger partial charge >= 0.3 is 0 Å². The van der Waals surface area contributed by atoms with E-state index in [1.807, 2.05) is 11.0 Å². The van der Waals surface area contributed by atoms with E-state index < -0.39 is 0 Å². The van der Waals surface area contributed by atoms with Crippen LogP contribution in [-0.4, -0.2) is 76.0 Å². The molecule has 0 N–H and O–H groups in total. The van der Waals surface area contributed by atoms with Crippen LogP contribution in [0.15, 0.2) is 43.0 Å². The van der Waals surface area contributed by atoms with E-state index in [-0.39, 0.29) is 5.91 Å². The Morgan fingerprint density at radius 1 is 0.885 bits per heavy atom. The largest absolute Gasteiger partial charge is 0.339 e. The zero-order chi connectivity index (χ0) is 17.8. The number of hydrogen-bond acceptors (Lipinski definition) is 6. The van der Waals surface area contributed by atoms with Crippen LogP contribution in [0.1, 0.15) is 23.2 Å². The van der Waals surface area contributed by atoms with Crippen molar-refractivity contribution in [1.29, 1.82) is 0 Å². The van der Waals surface area contributed by atoms with Gasteiger partial charge in [0.25, 0.3) is 5.91 Å². The molecule has 0 spiro atoms. The van der Waals surface area contributed by atoms with Crippen molar-refractivity contribution >= 4 is 11.9 Å². The van der Waals surface area contributed by atoms with Crippen molar-refractivity contribution in [2.75, 3.05) is 44.2 Å². The van der Waals surface area contributed by atoms with Crippen LogP contribution in [0.2, 0.25) is 0 Å². The van der Waals surface area contributed by atoms with Crippen LogP contribution in [0.5, 0.6) is 0 Å². The van der Waals surface area contributed by atoms with Crippen molar-refractivity contribution in [3.63, 3.8) is 0 Å². The van der Waals surface area contributed by atoms with Gasteiger partial charge in [-0.05, 0) is 31.0 Å². The van der Waals surface area contributed by atoms with E-state index in [4.69, 9.17) is 0 Å². The van der Waals surface area contributed by atoms with E-state index in [2.05, 4.69) is 24.8 Å². The highest BCUT2D eigenvalue weighted by Gasteiger charge is 2.29. The molecule has 7 heteroatoms. The Morgan fingerprint density at radius 3 is 2.19 bits per heavy atom. The maximum atomic E-state index is 12.5. The van der Waals surface area contributed by atoms with Gasteiger partial charge in [0.1, 0.15) is 0 Å². The Labute approximate surface area is 153 Å². The monoisotopic (exact) mass is 352 g/mol. The van der Waals surface area contributed by atoms with E-state index in [1.54, 1.807) is 36.9 Å². The van der Waals surface area contributed by atoms with Crippen molar-refractivity contribution in [1.82, 2.24) is 24.8 Å². The van der Waals surface area contributed by atoms with Gasteiger partial charge < -0.3 is 9.80 Å². The highest BCUT2D eigenvalue weighted by molar-refractivity contribution is 5.94. The number of carbonyl (C=O) groups excluding carboxylic acids is 1. The van der Waals surface area contributed by atoms with Gasteiger partial charge in [-0.1, -0.05) is 0 Å². The van der Waals surface area contributed by atoms with Gasteiger partial charge in [0.05, 0.1) is 0 Å². The minimum Gasteiger partial charge on any atom is -0.339 e. The molecule has 2 aromatic rings. The quantitative estimate of drug-likeness (QED) is 0.830. The van der Waals surface area contributed by atoms with E-state index in [0.717, 1.165) is 63.6 Å². The summed E-state index contributed by atoms with van der Waals surface area (Å²) in [6.07, 6.45) is 9.03. The molecular weight excluding hydrogens is 328 g/mol. The molecule has 26 heavy (non-hydrogen) atoms. The maximum absolute atomic E-state index is 12.5. The maximum Gasteiger partial charge on any atom is 0.253 e. The lowest BCUT2D eigenvalue weighted by molar-refractivity contribution is 0.0610. The zero-order valence-electron chi connectivity index (χ0n) is 14.9. The van der Waals surface area contributed by atoms with Gasteiger partial charge in [-0.25, -0.2) is 9.97 Å². The predicted molar refractivity (Wildman–Crippen MR) is 99.0 cm³/mol. The van der Waals surface area contributed by atoms with Crippen LogP contribution in [0, 0.1) is 0 Å². The van der Waals surface area contributed by atoms with Crippen LogP contribution >= 0.6 is 0 Å². The smallest absolute Gasteiger partial charge is 0.253 e. The second kappa shape index (κ2) is 7.78. The lowest BCUT2D eigenvalue weighted by Gasteiger charge is -2.42. The third-order valence-electron chi connectivity index (χ3n) is 5.34. The molecule has 0 aliphatic carbocycles. The number of rotatable bonds is 3. The number of anilines is 1. The number of hydrogen-bond donors (Lipinski definition) is 0. The summed E-state index contributed by atoms with van der Waals surface area (Å²) >= 11 is 0. The minimum absolute atomic E-state index is 0.122. The highest BCUT2D eigenvalue weighted by atomic mass is 16.2. The molecule has 0 radical (unpaired) electrons. The topological polar surface area (TPSA) is 65.5 Å². The van der Waals surface area contributed by atoms with Crippen LogP contribution in [-0.2, 0) is 0 Å². The van der Waals surface area contributed by atoms with E-state index >= 15 is 0 Å². The van der Waals surface area contributed by atoms with Crippen LogP contribution < -0.4 is 4.90 Å². The molecule has 2 aliphatic rings. The molecule has 7 nitrogen and oxygen atoms in total. The van der Waals surface area contributed by atoms with Crippen molar-refractivity contribution in [2.24, 2.45) is 0 Å². The van der Waals surface area contributed by atoms with E-state index in [9.17, 15) is 4.79 Å². The fraction of sp³-hybridized carbons (Fsp3) is 0.474. The molecule has 2 aliphatic heterocycles. The SMILES string of the molecule is O=C(c1ccncc1)N1CCC(N2CCN(c3ncccn3)CC2)CC1. The Kier molecular flexibility index (Phi) is 5.06. The van der Waals surface area contributed by atoms with E-state index in [1.165, 1.54) is 0 Å². The standard InChI is InChI=1S/C19H24N6O/c26-18(16-2-8-20-9-3-16)24-10-4-17(5-11-24)23-12-14-25(15-13-23)19-21-6-1-7-22-19/h1-3,6-9,17H,4-5,10-15H2. The molecule has 2 saturated heterocycles. The number of likely N-dealkylation sites (tertiary alicyclic amines) is 1. The van der Waals surface area contributed by atoms with Gasteiger partial charge in [0.2, 0.25) is 5.95 Å². The van der Waals surface area contributed by atoms with Crippen molar-refractivity contribution in [2.45, 2.75) is 18.9 Å². The summed E-state index contributed by atoms with van der Waals surface area (Å²) in [7, 11) is 0. The van der Waals surface area contributed by atoms with Crippen LogP contribution in [0.25, 0.3) is 0 Å². The number of nitrogens with zero attached hydrogens (tertiary/aromatic N) is 6. The number of aromatic nitrogens is 3. The molecule has 0 aromatic carbocycles. The van der Waals surface area contributed by atoms with Crippen LogP contribution in [0.3, 0.4) is 0 Å². The van der Waals surface area contributed by atoms with Gasteiger partial charge in [-0.2, -0.15) is 0 Å². The molecule has 1 amide bonds. The Bertz CT molecular complexity index is 709. The fourth-order valence-corrected chi connectivity index (χ4v) is 3.85. The Morgan fingerprint density at radius 2 is 1.54 bits per heavy atom. The molecule has 2 aromatic heterocycles. The number of pyridine rings is 1. The summed E-state index contributed by atoms with van der Waals surface area (Å²) in [6.45, 7) is 5.63. The first-order valence-electron chi connectivity index (χ1n) is 9.26. The molecule has 4 heterocycles.